The van der Waals surface area contributed by atoms with Gasteiger partial charge in [-0.2, -0.15) is 0 Å². The highest BCUT2D eigenvalue weighted by Gasteiger charge is 2.26. The van der Waals surface area contributed by atoms with Crippen molar-refractivity contribution in [3.8, 4) is 0 Å². The zero-order valence-corrected chi connectivity index (χ0v) is 12.4. The Hall–Kier alpha value is -0.900. The molecular formula is C15H17ClN2S. The molecule has 2 heterocycles. The van der Waals surface area contributed by atoms with Crippen molar-refractivity contribution in [2.45, 2.75) is 25.3 Å². The third-order valence-corrected chi connectivity index (χ3v) is 4.84. The van der Waals surface area contributed by atoms with Crippen molar-refractivity contribution in [2.75, 3.05) is 13.1 Å². The van der Waals surface area contributed by atoms with Crippen LogP contribution in [0.2, 0.25) is 0 Å². The molecule has 1 aromatic heterocycles. The van der Waals surface area contributed by atoms with E-state index in [0.717, 1.165) is 18.6 Å². The summed E-state index contributed by atoms with van der Waals surface area (Å²) in [7, 11) is 0. The summed E-state index contributed by atoms with van der Waals surface area (Å²) in [6.07, 6.45) is 3.68. The number of fused-ring (bicyclic) bond motifs is 1. The van der Waals surface area contributed by atoms with E-state index in [-0.39, 0.29) is 0 Å². The fraction of sp³-hybridized carbons (Fsp3) is 0.400. The van der Waals surface area contributed by atoms with Crippen LogP contribution < -0.4 is 0 Å². The van der Waals surface area contributed by atoms with Crippen molar-refractivity contribution < 1.29 is 0 Å². The van der Waals surface area contributed by atoms with Crippen LogP contribution in [0.5, 0.6) is 0 Å². The molecule has 3 rings (SSSR count). The Morgan fingerprint density at radius 3 is 3.05 bits per heavy atom. The Balaban J connectivity index is 1.91. The maximum Gasteiger partial charge on any atom is 0.111 e. The molecule has 1 fully saturated rings. The predicted molar refractivity (Wildman–Crippen MR) is 82.8 cm³/mol. The lowest BCUT2D eigenvalue weighted by Crippen LogP contribution is -2.34. The molecule has 1 aliphatic rings. The van der Waals surface area contributed by atoms with Crippen molar-refractivity contribution in [1.82, 2.24) is 9.88 Å². The lowest BCUT2D eigenvalue weighted by atomic mass is 10.0. The van der Waals surface area contributed by atoms with Gasteiger partial charge in [-0.05, 0) is 31.5 Å². The van der Waals surface area contributed by atoms with Gasteiger partial charge in [-0.3, -0.25) is 4.90 Å². The van der Waals surface area contributed by atoms with Gasteiger partial charge in [0.15, 0.2) is 0 Å². The van der Waals surface area contributed by atoms with Crippen molar-refractivity contribution >= 4 is 33.2 Å². The van der Waals surface area contributed by atoms with E-state index in [1.165, 1.54) is 29.0 Å². The molecule has 19 heavy (non-hydrogen) atoms. The van der Waals surface area contributed by atoms with E-state index in [4.69, 9.17) is 16.6 Å². The van der Waals surface area contributed by atoms with Crippen LogP contribution in [0.25, 0.3) is 10.2 Å². The number of likely N-dealkylation sites (tertiary alicyclic amines) is 1. The van der Waals surface area contributed by atoms with Gasteiger partial charge in [-0.15, -0.1) is 11.3 Å². The summed E-state index contributed by atoms with van der Waals surface area (Å²) in [5.41, 5.74) is 1.11. The highest BCUT2D eigenvalue weighted by atomic mass is 35.5. The van der Waals surface area contributed by atoms with E-state index < -0.39 is 0 Å². The van der Waals surface area contributed by atoms with Crippen LogP contribution in [-0.4, -0.2) is 23.0 Å². The fourth-order valence-electron chi connectivity index (χ4n) is 2.71. The number of halogens is 1. The minimum absolute atomic E-state index is 0.404. The average Bonchev–Trinajstić information content (AvgIpc) is 2.82. The van der Waals surface area contributed by atoms with Crippen molar-refractivity contribution in [3.05, 3.63) is 40.9 Å². The van der Waals surface area contributed by atoms with E-state index in [2.05, 4.69) is 29.7 Å². The number of rotatable bonds is 3. The molecule has 0 amide bonds. The number of piperidine rings is 1. The standard InChI is InChI=1S/C15H17ClN2S/c1-11(16)10-18-9-5-4-7-13(18)15-17-12-6-2-3-8-14(12)19-15/h2-3,6,8,13H,1,4-5,7,9-10H2. The molecule has 0 saturated carbocycles. The zero-order chi connectivity index (χ0) is 13.2. The highest BCUT2D eigenvalue weighted by Crippen LogP contribution is 2.35. The minimum Gasteiger partial charge on any atom is -0.289 e. The molecule has 0 aliphatic carbocycles. The van der Waals surface area contributed by atoms with Gasteiger partial charge in [0.2, 0.25) is 0 Å². The first kappa shape index (κ1) is 13.1. The number of hydrogen-bond acceptors (Lipinski definition) is 3. The van der Waals surface area contributed by atoms with Crippen LogP contribution in [0.1, 0.15) is 30.3 Å². The Bertz CT molecular complexity index is 560. The molecule has 100 valence electrons. The summed E-state index contributed by atoms with van der Waals surface area (Å²) in [5, 5.41) is 1.94. The summed E-state index contributed by atoms with van der Waals surface area (Å²) in [6.45, 7) is 5.68. The zero-order valence-electron chi connectivity index (χ0n) is 10.8. The quantitative estimate of drug-likeness (QED) is 0.823. The molecule has 2 nitrogen and oxygen atoms in total. The first-order valence-electron chi connectivity index (χ1n) is 6.67. The molecule has 0 N–H and O–H groups in total. The van der Waals surface area contributed by atoms with Gasteiger partial charge in [0.05, 0.1) is 16.3 Å². The summed E-state index contributed by atoms with van der Waals surface area (Å²) in [6, 6.07) is 8.75. The SMILES string of the molecule is C=C(Cl)CN1CCCCC1c1nc2ccccc2s1. The number of nitrogens with zero attached hydrogens (tertiary/aromatic N) is 2. The molecule has 1 atom stereocenters. The first-order chi connectivity index (χ1) is 9.24. The van der Waals surface area contributed by atoms with Gasteiger partial charge in [-0.1, -0.05) is 36.7 Å². The van der Waals surface area contributed by atoms with Gasteiger partial charge in [-0.25, -0.2) is 4.98 Å². The molecule has 1 saturated heterocycles. The summed E-state index contributed by atoms with van der Waals surface area (Å²) < 4.78 is 1.27. The molecule has 1 aliphatic heterocycles. The Kier molecular flexibility index (Phi) is 3.87. The summed E-state index contributed by atoms with van der Waals surface area (Å²) in [5.74, 6) is 0. The van der Waals surface area contributed by atoms with Gasteiger partial charge >= 0.3 is 0 Å². The van der Waals surface area contributed by atoms with Crippen LogP contribution in [0.15, 0.2) is 35.9 Å². The minimum atomic E-state index is 0.404. The second kappa shape index (κ2) is 5.61. The highest BCUT2D eigenvalue weighted by molar-refractivity contribution is 7.18. The number of benzene rings is 1. The van der Waals surface area contributed by atoms with E-state index in [9.17, 15) is 0 Å². The molecule has 1 aromatic carbocycles. The lowest BCUT2D eigenvalue weighted by Gasteiger charge is -2.34. The van der Waals surface area contributed by atoms with Gasteiger partial charge < -0.3 is 0 Å². The summed E-state index contributed by atoms with van der Waals surface area (Å²) >= 11 is 7.80. The first-order valence-corrected chi connectivity index (χ1v) is 7.86. The number of thiazole rings is 1. The molecule has 0 radical (unpaired) electrons. The van der Waals surface area contributed by atoms with E-state index >= 15 is 0 Å². The third kappa shape index (κ3) is 2.83. The second-order valence-corrected chi connectivity index (χ2v) is 6.62. The fourth-order valence-corrected chi connectivity index (χ4v) is 4.00. The number of para-hydroxylation sites is 1. The second-order valence-electron chi connectivity index (χ2n) is 5.02. The van der Waals surface area contributed by atoms with Crippen molar-refractivity contribution in [1.29, 1.82) is 0 Å². The van der Waals surface area contributed by atoms with Crippen LogP contribution in [-0.2, 0) is 0 Å². The lowest BCUT2D eigenvalue weighted by molar-refractivity contribution is 0.165. The Morgan fingerprint density at radius 1 is 1.42 bits per heavy atom. The van der Waals surface area contributed by atoms with E-state index in [1.54, 1.807) is 0 Å². The van der Waals surface area contributed by atoms with Crippen LogP contribution in [0.3, 0.4) is 0 Å². The normalized spacial score (nSPS) is 20.8. The number of aromatic nitrogens is 1. The Labute approximate surface area is 122 Å². The molecule has 4 heteroatoms. The van der Waals surface area contributed by atoms with E-state index in [1.807, 2.05) is 17.4 Å². The van der Waals surface area contributed by atoms with Crippen LogP contribution in [0, 0.1) is 0 Å². The summed E-state index contributed by atoms with van der Waals surface area (Å²) in [4.78, 5) is 7.21. The van der Waals surface area contributed by atoms with Crippen LogP contribution >= 0.6 is 22.9 Å². The topological polar surface area (TPSA) is 16.1 Å². The largest absolute Gasteiger partial charge is 0.289 e. The van der Waals surface area contributed by atoms with Crippen molar-refractivity contribution in [2.24, 2.45) is 0 Å². The molecular weight excluding hydrogens is 276 g/mol. The number of hydrogen-bond donors (Lipinski definition) is 0. The maximum absolute atomic E-state index is 5.99. The van der Waals surface area contributed by atoms with Gasteiger partial charge in [0.1, 0.15) is 5.01 Å². The predicted octanol–water partition coefficient (Wildman–Crippen LogP) is 4.58. The van der Waals surface area contributed by atoms with Gasteiger partial charge in [0.25, 0.3) is 0 Å². The smallest absolute Gasteiger partial charge is 0.111 e. The van der Waals surface area contributed by atoms with Crippen LogP contribution in [0.4, 0.5) is 0 Å². The van der Waals surface area contributed by atoms with Gasteiger partial charge in [0, 0.05) is 11.6 Å². The van der Waals surface area contributed by atoms with Crippen molar-refractivity contribution in [3.63, 3.8) is 0 Å². The van der Waals surface area contributed by atoms with E-state index in [0.29, 0.717) is 11.1 Å². The Morgan fingerprint density at radius 2 is 2.26 bits per heavy atom. The average molecular weight is 293 g/mol. The molecule has 0 spiro atoms. The monoisotopic (exact) mass is 292 g/mol. The molecule has 2 aromatic rings. The molecule has 1 unspecified atom stereocenters. The maximum atomic E-state index is 5.99. The molecule has 0 bridgehead atoms. The third-order valence-electron chi connectivity index (χ3n) is 3.58.